The first kappa shape index (κ1) is 12.1. The Bertz CT molecular complexity index is 294. The molecule has 1 nitrogen and oxygen atoms in total. The van der Waals surface area contributed by atoms with E-state index in [2.05, 4.69) is 36.7 Å². The molecule has 1 aromatic heterocycles. The van der Waals surface area contributed by atoms with Crippen LogP contribution in [0.15, 0.2) is 17.5 Å². The van der Waals surface area contributed by atoms with E-state index in [0.717, 1.165) is 12.0 Å². The van der Waals surface area contributed by atoms with Gasteiger partial charge < -0.3 is 5.32 Å². The van der Waals surface area contributed by atoms with Gasteiger partial charge in [-0.05, 0) is 37.1 Å². The highest BCUT2D eigenvalue weighted by atomic mass is 32.1. The van der Waals surface area contributed by atoms with Gasteiger partial charge in [0.1, 0.15) is 0 Å². The Hall–Kier alpha value is -0.340. The summed E-state index contributed by atoms with van der Waals surface area (Å²) in [6.07, 6.45) is 6.96. The molecule has 1 N–H and O–H groups in total. The average Bonchev–Trinajstić information content (AvgIpc) is 2.83. The van der Waals surface area contributed by atoms with E-state index in [1.165, 1.54) is 37.0 Å². The highest BCUT2D eigenvalue weighted by molar-refractivity contribution is 7.10. The van der Waals surface area contributed by atoms with Crippen LogP contribution in [0.25, 0.3) is 0 Å². The second-order valence-electron chi connectivity index (χ2n) is 5.04. The second kappa shape index (κ2) is 5.83. The fraction of sp³-hybridized carbons (Fsp3) is 0.714. The summed E-state index contributed by atoms with van der Waals surface area (Å²) in [6.45, 7) is 4.62. The molecule has 2 rings (SSSR count). The molecule has 3 atom stereocenters. The van der Waals surface area contributed by atoms with E-state index in [0.29, 0.717) is 6.04 Å². The maximum Gasteiger partial charge on any atom is 0.0388 e. The van der Waals surface area contributed by atoms with Crippen molar-refractivity contribution in [1.29, 1.82) is 0 Å². The summed E-state index contributed by atoms with van der Waals surface area (Å²) in [4.78, 5) is 1.47. The van der Waals surface area contributed by atoms with Crippen LogP contribution in [0.3, 0.4) is 0 Å². The zero-order chi connectivity index (χ0) is 11.4. The zero-order valence-corrected chi connectivity index (χ0v) is 11.2. The molecular weight excluding hydrogens is 214 g/mol. The summed E-state index contributed by atoms with van der Waals surface area (Å²) < 4.78 is 0. The first-order valence-electron chi connectivity index (χ1n) is 6.59. The van der Waals surface area contributed by atoms with E-state index >= 15 is 0 Å². The molecule has 1 heterocycles. The highest BCUT2D eigenvalue weighted by Crippen LogP contribution is 2.28. The van der Waals surface area contributed by atoms with Crippen molar-refractivity contribution in [2.24, 2.45) is 5.92 Å². The summed E-state index contributed by atoms with van der Waals surface area (Å²) in [7, 11) is 0. The minimum atomic E-state index is 0.528. The van der Waals surface area contributed by atoms with E-state index in [1.54, 1.807) is 0 Å². The van der Waals surface area contributed by atoms with E-state index in [1.807, 2.05) is 11.3 Å². The normalized spacial score (nSPS) is 27.9. The molecule has 0 saturated heterocycles. The van der Waals surface area contributed by atoms with Gasteiger partial charge in [0, 0.05) is 17.0 Å². The predicted octanol–water partition coefficient (Wildman–Crippen LogP) is 4.37. The molecule has 3 unspecified atom stereocenters. The molecular formula is C14H23NS. The molecule has 1 aliphatic carbocycles. The van der Waals surface area contributed by atoms with Gasteiger partial charge in [0.15, 0.2) is 0 Å². The molecule has 16 heavy (non-hydrogen) atoms. The molecule has 2 heteroatoms. The van der Waals surface area contributed by atoms with Crippen molar-refractivity contribution in [3.05, 3.63) is 22.4 Å². The summed E-state index contributed by atoms with van der Waals surface area (Å²) in [5.41, 5.74) is 0. The molecule has 90 valence electrons. The Morgan fingerprint density at radius 3 is 3.06 bits per heavy atom. The lowest BCUT2D eigenvalue weighted by Crippen LogP contribution is -2.35. The molecule has 0 spiro atoms. The number of thiophene rings is 1. The number of nitrogens with one attached hydrogen (secondary N) is 1. The maximum atomic E-state index is 3.80. The molecule has 0 amide bonds. The number of hydrogen-bond acceptors (Lipinski definition) is 2. The standard InChI is InChI=1S/C14H23NS/c1-3-12-6-4-7-13(10-12)15-11(2)14-8-5-9-16-14/h5,8-9,11-13,15H,3-4,6-7,10H2,1-2H3. The maximum absolute atomic E-state index is 3.80. The van der Waals surface area contributed by atoms with Gasteiger partial charge in [-0.1, -0.05) is 32.3 Å². The van der Waals surface area contributed by atoms with Crippen LogP contribution in [-0.4, -0.2) is 6.04 Å². The van der Waals surface area contributed by atoms with Gasteiger partial charge in [-0.2, -0.15) is 0 Å². The van der Waals surface area contributed by atoms with Crippen LogP contribution in [0.5, 0.6) is 0 Å². The molecule has 0 bridgehead atoms. The Balaban J connectivity index is 1.84. The first-order valence-corrected chi connectivity index (χ1v) is 7.47. The molecule has 1 aromatic rings. The lowest BCUT2D eigenvalue weighted by atomic mass is 9.84. The lowest BCUT2D eigenvalue weighted by Gasteiger charge is -2.31. The third-order valence-corrected chi connectivity index (χ3v) is 4.87. The summed E-state index contributed by atoms with van der Waals surface area (Å²) in [5.74, 6) is 0.960. The van der Waals surface area contributed by atoms with Gasteiger partial charge in [-0.15, -0.1) is 11.3 Å². The van der Waals surface area contributed by atoms with Crippen molar-refractivity contribution < 1.29 is 0 Å². The summed E-state index contributed by atoms with van der Waals surface area (Å²) in [6, 6.07) is 5.66. The summed E-state index contributed by atoms with van der Waals surface area (Å²) in [5, 5.41) is 5.97. The third kappa shape index (κ3) is 3.08. The minimum absolute atomic E-state index is 0.528. The monoisotopic (exact) mass is 237 g/mol. The fourth-order valence-electron chi connectivity index (χ4n) is 2.79. The third-order valence-electron chi connectivity index (χ3n) is 3.82. The van der Waals surface area contributed by atoms with Crippen LogP contribution in [0.2, 0.25) is 0 Å². The van der Waals surface area contributed by atoms with Crippen LogP contribution in [0.1, 0.15) is 56.9 Å². The topological polar surface area (TPSA) is 12.0 Å². The van der Waals surface area contributed by atoms with Crippen molar-refractivity contribution in [2.45, 2.75) is 58.0 Å². The largest absolute Gasteiger partial charge is 0.307 e. The predicted molar refractivity (Wildman–Crippen MR) is 71.9 cm³/mol. The molecule has 1 fully saturated rings. The Morgan fingerprint density at radius 2 is 2.38 bits per heavy atom. The van der Waals surface area contributed by atoms with Gasteiger partial charge >= 0.3 is 0 Å². The molecule has 0 aliphatic heterocycles. The minimum Gasteiger partial charge on any atom is -0.307 e. The van der Waals surface area contributed by atoms with Gasteiger partial charge in [-0.25, -0.2) is 0 Å². The smallest absolute Gasteiger partial charge is 0.0388 e. The van der Waals surface area contributed by atoms with Crippen molar-refractivity contribution in [3.8, 4) is 0 Å². The van der Waals surface area contributed by atoms with Gasteiger partial charge in [-0.3, -0.25) is 0 Å². The molecule has 1 saturated carbocycles. The van der Waals surface area contributed by atoms with Crippen molar-refractivity contribution >= 4 is 11.3 Å². The van der Waals surface area contributed by atoms with Crippen molar-refractivity contribution in [1.82, 2.24) is 5.32 Å². The fourth-order valence-corrected chi connectivity index (χ4v) is 3.53. The van der Waals surface area contributed by atoms with E-state index < -0.39 is 0 Å². The van der Waals surface area contributed by atoms with E-state index in [-0.39, 0.29) is 0 Å². The number of hydrogen-bond donors (Lipinski definition) is 1. The second-order valence-corrected chi connectivity index (χ2v) is 6.02. The SMILES string of the molecule is CCC1CCCC(NC(C)c2cccs2)C1. The highest BCUT2D eigenvalue weighted by Gasteiger charge is 2.22. The molecule has 0 aromatic carbocycles. The average molecular weight is 237 g/mol. The Morgan fingerprint density at radius 1 is 1.50 bits per heavy atom. The van der Waals surface area contributed by atoms with Crippen LogP contribution < -0.4 is 5.32 Å². The first-order chi connectivity index (χ1) is 7.79. The quantitative estimate of drug-likeness (QED) is 0.820. The van der Waals surface area contributed by atoms with Crippen LogP contribution in [-0.2, 0) is 0 Å². The number of rotatable bonds is 4. The van der Waals surface area contributed by atoms with Gasteiger partial charge in [0.05, 0.1) is 0 Å². The van der Waals surface area contributed by atoms with Crippen molar-refractivity contribution in [2.75, 3.05) is 0 Å². The van der Waals surface area contributed by atoms with Crippen LogP contribution in [0.4, 0.5) is 0 Å². The molecule has 0 radical (unpaired) electrons. The van der Waals surface area contributed by atoms with Gasteiger partial charge in [0.25, 0.3) is 0 Å². The van der Waals surface area contributed by atoms with Crippen LogP contribution in [0, 0.1) is 5.92 Å². The summed E-state index contributed by atoms with van der Waals surface area (Å²) >= 11 is 1.86. The van der Waals surface area contributed by atoms with Gasteiger partial charge in [0.2, 0.25) is 0 Å². The van der Waals surface area contributed by atoms with E-state index in [4.69, 9.17) is 0 Å². The van der Waals surface area contributed by atoms with Crippen LogP contribution >= 0.6 is 11.3 Å². The Labute approximate surface area is 103 Å². The lowest BCUT2D eigenvalue weighted by molar-refractivity contribution is 0.266. The van der Waals surface area contributed by atoms with E-state index in [9.17, 15) is 0 Å². The molecule has 1 aliphatic rings. The Kier molecular flexibility index (Phi) is 4.42. The zero-order valence-electron chi connectivity index (χ0n) is 10.4. The van der Waals surface area contributed by atoms with Crippen molar-refractivity contribution in [3.63, 3.8) is 0 Å².